The zero-order valence-electron chi connectivity index (χ0n) is 16.7. The summed E-state index contributed by atoms with van der Waals surface area (Å²) in [5, 5.41) is 14.8. The first-order chi connectivity index (χ1) is 14.9. The molecular formula is C23H20F2N4O2. The molecule has 0 fully saturated rings. The molecule has 4 rings (SSSR count). The normalized spacial score (nSPS) is 16.7. The highest BCUT2D eigenvalue weighted by Gasteiger charge is 2.35. The number of aromatic nitrogens is 4. The zero-order chi connectivity index (χ0) is 22.1. The van der Waals surface area contributed by atoms with Crippen molar-refractivity contribution in [1.29, 1.82) is 0 Å². The van der Waals surface area contributed by atoms with E-state index in [1.165, 1.54) is 25.1 Å². The van der Waals surface area contributed by atoms with Crippen molar-refractivity contribution in [1.82, 2.24) is 19.3 Å². The molecule has 6 nitrogen and oxygen atoms in total. The maximum Gasteiger partial charge on any atom is 0.242 e. The van der Waals surface area contributed by atoms with Crippen LogP contribution in [-0.2, 0) is 6.54 Å². The number of benzene rings is 1. The van der Waals surface area contributed by atoms with E-state index in [2.05, 4.69) is 16.7 Å². The van der Waals surface area contributed by atoms with E-state index < -0.39 is 23.1 Å². The van der Waals surface area contributed by atoms with Crippen LogP contribution in [0.15, 0.2) is 83.9 Å². The van der Waals surface area contributed by atoms with Crippen molar-refractivity contribution in [2.45, 2.75) is 25.4 Å². The second kappa shape index (κ2) is 8.14. The van der Waals surface area contributed by atoms with Gasteiger partial charge in [0.1, 0.15) is 11.5 Å². The standard InChI is InChI=1S/C23H20F2N4O2/c1-14(4-3-5-15(2)24)20(16-6-8-17(25)9-7-16)18-13-28-11-10-26-23(28)21-22(31)19(30)12-27-29(18)21/h3-12,18,20,31H,1,13H2,2H3/b4-3-,15-5+/t18-,20+/m1/s1. The molecule has 0 unspecified atom stereocenters. The number of fused-ring (bicyclic) bond motifs is 3. The van der Waals surface area contributed by atoms with E-state index in [4.69, 9.17) is 0 Å². The van der Waals surface area contributed by atoms with Gasteiger partial charge in [0.15, 0.2) is 11.6 Å². The summed E-state index contributed by atoms with van der Waals surface area (Å²) < 4.78 is 30.1. The highest BCUT2D eigenvalue weighted by atomic mass is 19.1. The van der Waals surface area contributed by atoms with Gasteiger partial charge in [0, 0.05) is 24.9 Å². The molecule has 1 aliphatic rings. The first-order valence-corrected chi connectivity index (χ1v) is 9.64. The Bertz CT molecular complexity index is 1250. The van der Waals surface area contributed by atoms with E-state index in [9.17, 15) is 18.7 Å². The zero-order valence-corrected chi connectivity index (χ0v) is 16.7. The molecule has 0 aliphatic carbocycles. The third-order valence-electron chi connectivity index (χ3n) is 5.26. The Labute approximate surface area is 177 Å². The van der Waals surface area contributed by atoms with Crippen molar-refractivity contribution >= 4 is 0 Å². The minimum atomic E-state index is -0.609. The molecule has 0 saturated carbocycles. The summed E-state index contributed by atoms with van der Waals surface area (Å²) >= 11 is 0. The molecule has 2 atom stereocenters. The summed E-state index contributed by atoms with van der Waals surface area (Å²) in [4.78, 5) is 16.3. The highest BCUT2D eigenvalue weighted by molar-refractivity contribution is 5.60. The topological polar surface area (TPSA) is 72.9 Å². The van der Waals surface area contributed by atoms with Crippen LogP contribution in [-0.4, -0.2) is 24.4 Å². The smallest absolute Gasteiger partial charge is 0.242 e. The fourth-order valence-corrected chi connectivity index (χ4v) is 3.88. The molecule has 2 aromatic heterocycles. The van der Waals surface area contributed by atoms with Crippen molar-refractivity contribution in [2.24, 2.45) is 0 Å². The van der Waals surface area contributed by atoms with Crippen LogP contribution < -0.4 is 5.43 Å². The van der Waals surface area contributed by atoms with Crippen LogP contribution in [0.3, 0.4) is 0 Å². The lowest BCUT2D eigenvalue weighted by Crippen LogP contribution is -2.32. The largest absolute Gasteiger partial charge is 0.503 e. The Hall–Kier alpha value is -3.81. The summed E-state index contributed by atoms with van der Waals surface area (Å²) in [6, 6.07) is 5.60. The van der Waals surface area contributed by atoms with Crippen LogP contribution in [0.5, 0.6) is 5.75 Å². The molecule has 0 saturated heterocycles. The first kappa shape index (κ1) is 20.5. The van der Waals surface area contributed by atoms with Crippen LogP contribution in [0, 0.1) is 5.82 Å². The summed E-state index contributed by atoms with van der Waals surface area (Å²) in [7, 11) is 0. The molecule has 0 amide bonds. The molecule has 31 heavy (non-hydrogen) atoms. The van der Waals surface area contributed by atoms with Crippen molar-refractivity contribution < 1.29 is 13.9 Å². The Morgan fingerprint density at radius 1 is 1.35 bits per heavy atom. The first-order valence-electron chi connectivity index (χ1n) is 9.64. The molecule has 3 heterocycles. The van der Waals surface area contributed by atoms with Gasteiger partial charge in [-0.05, 0) is 36.3 Å². The van der Waals surface area contributed by atoms with Gasteiger partial charge < -0.3 is 9.67 Å². The van der Waals surface area contributed by atoms with Crippen LogP contribution in [0.25, 0.3) is 11.5 Å². The van der Waals surface area contributed by atoms with Gasteiger partial charge in [-0.15, -0.1) is 0 Å². The van der Waals surface area contributed by atoms with E-state index in [0.717, 1.165) is 11.8 Å². The van der Waals surface area contributed by atoms with Crippen LogP contribution >= 0.6 is 0 Å². The van der Waals surface area contributed by atoms with Crippen molar-refractivity contribution in [3.8, 4) is 17.3 Å². The number of halogens is 2. The Balaban J connectivity index is 1.88. The maximum atomic E-state index is 13.6. The quantitative estimate of drug-likeness (QED) is 0.623. The summed E-state index contributed by atoms with van der Waals surface area (Å²) in [6.45, 7) is 5.92. The van der Waals surface area contributed by atoms with Crippen LogP contribution in [0.1, 0.15) is 24.4 Å². The molecule has 1 N–H and O–H groups in total. The van der Waals surface area contributed by atoms with E-state index in [-0.39, 0.29) is 17.3 Å². The second-order valence-corrected chi connectivity index (χ2v) is 7.34. The third-order valence-corrected chi connectivity index (χ3v) is 5.26. The van der Waals surface area contributed by atoms with Gasteiger partial charge in [-0.1, -0.05) is 30.9 Å². The molecular weight excluding hydrogens is 402 g/mol. The average Bonchev–Trinajstić information content (AvgIpc) is 3.20. The lowest BCUT2D eigenvalue weighted by molar-refractivity contribution is 0.331. The number of allylic oxidation sites excluding steroid dienone is 5. The lowest BCUT2D eigenvalue weighted by Gasteiger charge is -2.34. The van der Waals surface area contributed by atoms with Gasteiger partial charge in [0.2, 0.25) is 5.43 Å². The predicted molar refractivity (Wildman–Crippen MR) is 113 cm³/mol. The molecule has 158 valence electrons. The number of imidazole rings is 1. The van der Waals surface area contributed by atoms with E-state index in [0.29, 0.717) is 17.9 Å². The Kier molecular flexibility index (Phi) is 5.37. The Morgan fingerprint density at radius 2 is 2.10 bits per heavy atom. The van der Waals surface area contributed by atoms with Crippen molar-refractivity contribution in [3.63, 3.8) is 0 Å². The molecule has 0 bridgehead atoms. The van der Waals surface area contributed by atoms with Crippen LogP contribution in [0.4, 0.5) is 8.78 Å². The maximum absolute atomic E-state index is 13.6. The number of nitrogens with zero attached hydrogens (tertiary/aromatic N) is 4. The SMILES string of the molecule is C=C(/C=C\C=C(/C)F)[C@@H](c1ccc(F)cc1)[C@H]1Cn2ccnc2-c2c(O)c(=O)cnn21. The van der Waals surface area contributed by atoms with Gasteiger partial charge in [0.25, 0.3) is 0 Å². The van der Waals surface area contributed by atoms with E-state index in [1.54, 1.807) is 41.4 Å². The predicted octanol–water partition coefficient (Wildman–Crippen LogP) is 4.28. The fourth-order valence-electron chi connectivity index (χ4n) is 3.88. The van der Waals surface area contributed by atoms with Crippen molar-refractivity contribution in [2.75, 3.05) is 0 Å². The van der Waals surface area contributed by atoms with Gasteiger partial charge in [0.05, 0.1) is 18.1 Å². The molecule has 1 aromatic carbocycles. The summed E-state index contributed by atoms with van der Waals surface area (Å²) in [5.74, 6) is -1.15. The number of rotatable bonds is 5. The molecule has 1 aliphatic heterocycles. The highest BCUT2D eigenvalue weighted by Crippen LogP contribution is 2.42. The monoisotopic (exact) mass is 422 g/mol. The third kappa shape index (κ3) is 3.84. The minimum absolute atomic E-state index is 0.206. The number of hydrogen-bond donors (Lipinski definition) is 1. The number of aromatic hydroxyl groups is 1. The molecule has 0 radical (unpaired) electrons. The van der Waals surface area contributed by atoms with Gasteiger partial charge >= 0.3 is 0 Å². The molecule has 0 spiro atoms. The number of hydrogen-bond acceptors (Lipinski definition) is 4. The molecule has 8 heteroatoms. The summed E-state index contributed by atoms with van der Waals surface area (Å²) in [6.07, 6.45) is 8.93. The second-order valence-electron chi connectivity index (χ2n) is 7.34. The lowest BCUT2D eigenvalue weighted by atomic mass is 9.84. The molecule has 3 aromatic rings. The van der Waals surface area contributed by atoms with Crippen molar-refractivity contribution in [3.05, 3.63) is 101 Å². The van der Waals surface area contributed by atoms with E-state index >= 15 is 0 Å². The average molecular weight is 422 g/mol. The van der Waals surface area contributed by atoms with Gasteiger partial charge in [-0.25, -0.2) is 13.8 Å². The van der Waals surface area contributed by atoms with Crippen LogP contribution in [0.2, 0.25) is 0 Å². The van der Waals surface area contributed by atoms with Gasteiger partial charge in [-0.2, -0.15) is 5.10 Å². The fraction of sp³-hybridized carbons (Fsp3) is 0.174. The summed E-state index contributed by atoms with van der Waals surface area (Å²) in [5.41, 5.74) is 0.985. The van der Waals surface area contributed by atoms with E-state index in [1.807, 2.05) is 4.57 Å². The minimum Gasteiger partial charge on any atom is -0.503 e. The Morgan fingerprint density at radius 3 is 2.81 bits per heavy atom. The van der Waals surface area contributed by atoms with Gasteiger partial charge in [-0.3, -0.25) is 9.48 Å².